The molecular formula is C19H20N4O. The Hall–Kier alpha value is -2.69. The zero-order valence-electron chi connectivity index (χ0n) is 13.7. The number of fused-ring (bicyclic) bond motifs is 1. The lowest BCUT2D eigenvalue weighted by atomic mass is 10.1. The average Bonchev–Trinajstić information content (AvgIpc) is 3.38. The van der Waals surface area contributed by atoms with Crippen molar-refractivity contribution in [3.63, 3.8) is 0 Å². The number of rotatable bonds is 5. The van der Waals surface area contributed by atoms with Crippen molar-refractivity contribution in [3.8, 4) is 0 Å². The van der Waals surface area contributed by atoms with Crippen LogP contribution in [0.2, 0.25) is 0 Å². The van der Waals surface area contributed by atoms with E-state index in [0.29, 0.717) is 23.9 Å². The predicted octanol–water partition coefficient (Wildman–Crippen LogP) is 3.17. The van der Waals surface area contributed by atoms with Crippen molar-refractivity contribution >= 4 is 11.7 Å². The molecule has 0 spiro atoms. The van der Waals surface area contributed by atoms with Crippen molar-refractivity contribution in [2.24, 2.45) is 5.92 Å². The van der Waals surface area contributed by atoms with E-state index in [0.717, 1.165) is 5.56 Å². The average molecular weight is 320 g/mol. The van der Waals surface area contributed by atoms with Gasteiger partial charge in [0.25, 0.3) is 5.91 Å². The van der Waals surface area contributed by atoms with Crippen LogP contribution in [0.5, 0.6) is 0 Å². The quantitative estimate of drug-likeness (QED) is 0.725. The summed E-state index contributed by atoms with van der Waals surface area (Å²) in [6.07, 6.45) is 7.71. The summed E-state index contributed by atoms with van der Waals surface area (Å²) in [5.74, 6) is 1.14. The predicted molar refractivity (Wildman–Crippen MR) is 91.5 cm³/mol. The van der Waals surface area contributed by atoms with Gasteiger partial charge in [-0.1, -0.05) is 30.3 Å². The topological polar surface area (TPSA) is 50.5 Å². The van der Waals surface area contributed by atoms with E-state index in [1.165, 1.54) is 12.8 Å². The van der Waals surface area contributed by atoms with E-state index in [9.17, 15) is 4.79 Å². The zero-order valence-corrected chi connectivity index (χ0v) is 13.7. The second-order valence-corrected chi connectivity index (χ2v) is 6.45. The molecule has 2 heterocycles. The van der Waals surface area contributed by atoms with Gasteiger partial charge in [-0.05, 0) is 37.3 Å². The summed E-state index contributed by atoms with van der Waals surface area (Å²) in [5, 5.41) is 0. The summed E-state index contributed by atoms with van der Waals surface area (Å²) in [5.41, 5.74) is 1.59. The highest BCUT2D eigenvalue weighted by Crippen LogP contribution is 2.36. The third-order valence-electron chi connectivity index (χ3n) is 4.71. The van der Waals surface area contributed by atoms with E-state index in [1.54, 1.807) is 16.8 Å². The molecule has 24 heavy (non-hydrogen) atoms. The molecule has 1 fully saturated rings. The fourth-order valence-corrected chi connectivity index (χ4v) is 3.09. The third kappa shape index (κ3) is 2.89. The monoisotopic (exact) mass is 320 g/mol. The standard InChI is InChI=1S/C19H20N4O/c1-14(16-8-9-16)23(12-15-6-3-2-4-7-15)18(24)17-13-22-11-5-10-20-19(22)21-17/h2-7,10-11,13-14,16H,8-9,12H2,1H3/t14-/m0/s1. The van der Waals surface area contributed by atoms with Gasteiger partial charge in [0.1, 0.15) is 5.69 Å². The Kier molecular flexibility index (Phi) is 3.76. The Morgan fingerprint density at radius 1 is 1.29 bits per heavy atom. The SMILES string of the molecule is C[C@@H](C1CC1)N(Cc1ccccc1)C(=O)c1cn2cccnc2n1. The second kappa shape index (κ2) is 6.07. The second-order valence-electron chi connectivity index (χ2n) is 6.45. The number of amides is 1. The van der Waals surface area contributed by atoms with E-state index < -0.39 is 0 Å². The molecule has 1 aliphatic rings. The lowest BCUT2D eigenvalue weighted by Gasteiger charge is -2.29. The molecule has 1 amide bonds. The number of nitrogens with zero attached hydrogens (tertiary/aromatic N) is 4. The van der Waals surface area contributed by atoms with Gasteiger partial charge in [-0.3, -0.25) is 9.20 Å². The Bertz CT molecular complexity index is 821. The van der Waals surface area contributed by atoms with Gasteiger partial charge >= 0.3 is 0 Å². The van der Waals surface area contributed by atoms with Gasteiger partial charge in [0, 0.05) is 31.2 Å². The van der Waals surface area contributed by atoms with Crippen molar-refractivity contribution in [2.45, 2.75) is 32.4 Å². The first-order valence-corrected chi connectivity index (χ1v) is 8.37. The van der Waals surface area contributed by atoms with Crippen LogP contribution in [-0.4, -0.2) is 31.2 Å². The minimum Gasteiger partial charge on any atom is -0.330 e. The number of aromatic nitrogens is 3. The number of carbonyl (C=O) groups excluding carboxylic acids is 1. The van der Waals surface area contributed by atoms with Gasteiger partial charge in [0.2, 0.25) is 5.78 Å². The Morgan fingerprint density at radius 2 is 2.08 bits per heavy atom. The van der Waals surface area contributed by atoms with Gasteiger partial charge in [-0.15, -0.1) is 0 Å². The van der Waals surface area contributed by atoms with Gasteiger partial charge in [0.15, 0.2) is 0 Å². The first kappa shape index (κ1) is 14.9. The van der Waals surface area contributed by atoms with Gasteiger partial charge in [-0.2, -0.15) is 0 Å². The van der Waals surface area contributed by atoms with E-state index in [4.69, 9.17) is 0 Å². The van der Waals surface area contributed by atoms with Crippen LogP contribution in [-0.2, 0) is 6.54 Å². The van der Waals surface area contributed by atoms with Crippen molar-refractivity contribution in [1.82, 2.24) is 19.3 Å². The molecule has 0 radical (unpaired) electrons. The van der Waals surface area contributed by atoms with Crippen LogP contribution >= 0.6 is 0 Å². The molecule has 1 saturated carbocycles. The first-order valence-electron chi connectivity index (χ1n) is 8.37. The van der Waals surface area contributed by atoms with E-state index in [-0.39, 0.29) is 11.9 Å². The molecule has 0 N–H and O–H groups in total. The molecule has 3 aromatic rings. The maximum Gasteiger partial charge on any atom is 0.274 e. The van der Waals surface area contributed by atoms with Crippen molar-refractivity contribution in [1.29, 1.82) is 0 Å². The Morgan fingerprint density at radius 3 is 2.79 bits per heavy atom. The fourth-order valence-electron chi connectivity index (χ4n) is 3.09. The Labute approximate surface area is 141 Å². The number of benzene rings is 1. The molecule has 1 atom stereocenters. The first-order chi connectivity index (χ1) is 11.7. The molecule has 122 valence electrons. The number of hydrogen-bond acceptors (Lipinski definition) is 3. The highest BCUT2D eigenvalue weighted by atomic mass is 16.2. The minimum absolute atomic E-state index is 0.0243. The number of carbonyl (C=O) groups is 1. The molecular weight excluding hydrogens is 300 g/mol. The highest BCUT2D eigenvalue weighted by Gasteiger charge is 2.35. The zero-order chi connectivity index (χ0) is 16.5. The summed E-state index contributed by atoms with van der Waals surface area (Å²) in [4.78, 5) is 23.7. The van der Waals surface area contributed by atoms with Crippen LogP contribution in [0.3, 0.4) is 0 Å². The van der Waals surface area contributed by atoms with E-state index in [1.807, 2.05) is 35.4 Å². The summed E-state index contributed by atoms with van der Waals surface area (Å²) < 4.78 is 1.79. The third-order valence-corrected chi connectivity index (χ3v) is 4.71. The number of imidazole rings is 1. The van der Waals surface area contributed by atoms with Gasteiger partial charge in [0.05, 0.1) is 0 Å². The summed E-state index contributed by atoms with van der Waals surface area (Å²) in [6, 6.07) is 12.2. The van der Waals surface area contributed by atoms with Crippen LogP contribution in [0.4, 0.5) is 0 Å². The summed E-state index contributed by atoms with van der Waals surface area (Å²) in [7, 11) is 0. The Balaban J connectivity index is 1.65. The normalized spacial score (nSPS) is 15.4. The summed E-state index contributed by atoms with van der Waals surface area (Å²) >= 11 is 0. The summed E-state index contributed by atoms with van der Waals surface area (Å²) in [6.45, 7) is 2.76. The maximum absolute atomic E-state index is 13.1. The van der Waals surface area contributed by atoms with Crippen molar-refractivity contribution in [3.05, 3.63) is 66.2 Å². The van der Waals surface area contributed by atoms with Crippen molar-refractivity contribution in [2.75, 3.05) is 0 Å². The van der Waals surface area contributed by atoms with E-state index in [2.05, 4.69) is 29.0 Å². The molecule has 2 aromatic heterocycles. The van der Waals surface area contributed by atoms with Gasteiger partial charge < -0.3 is 4.90 Å². The molecule has 4 rings (SSSR count). The van der Waals surface area contributed by atoms with Crippen LogP contribution in [0.1, 0.15) is 35.8 Å². The largest absolute Gasteiger partial charge is 0.330 e. The molecule has 5 heteroatoms. The molecule has 0 aliphatic heterocycles. The lowest BCUT2D eigenvalue weighted by molar-refractivity contribution is 0.0649. The molecule has 5 nitrogen and oxygen atoms in total. The van der Waals surface area contributed by atoms with Crippen LogP contribution in [0, 0.1) is 5.92 Å². The minimum atomic E-state index is -0.0243. The fraction of sp³-hybridized carbons (Fsp3) is 0.316. The van der Waals surface area contributed by atoms with Crippen molar-refractivity contribution < 1.29 is 4.79 Å². The highest BCUT2D eigenvalue weighted by molar-refractivity contribution is 5.93. The maximum atomic E-state index is 13.1. The molecule has 1 aromatic carbocycles. The van der Waals surface area contributed by atoms with Gasteiger partial charge in [-0.25, -0.2) is 9.97 Å². The van der Waals surface area contributed by atoms with Crippen LogP contribution in [0.25, 0.3) is 5.78 Å². The molecule has 0 saturated heterocycles. The smallest absolute Gasteiger partial charge is 0.274 e. The lowest BCUT2D eigenvalue weighted by Crippen LogP contribution is -2.39. The van der Waals surface area contributed by atoms with Crippen LogP contribution in [0.15, 0.2) is 55.0 Å². The molecule has 0 unspecified atom stereocenters. The molecule has 1 aliphatic carbocycles. The molecule has 0 bridgehead atoms. The van der Waals surface area contributed by atoms with Crippen LogP contribution < -0.4 is 0 Å². The number of hydrogen-bond donors (Lipinski definition) is 0. The van der Waals surface area contributed by atoms with E-state index >= 15 is 0 Å².